The van der Waals surface area contributed by atoms with Gasteiger partial charge in [-0.15, -0.1) is 0 Å². The zero-order valence-corrected chi connectivity index (χ0v) is 12.2. The van der Waals surface area contributed by atoms with Crippen LogP contribution in [0.4, 0.5) is 14.5 Å². The number of amides is 1. The molecule has 1 aliphatic carbocycles. The normalized spacial score (nSPS) is 19.3. The quantitative estimate of drug-likeness (QED) is 0.850. The summed E-state index contributed by atoms with van der Waals surface area (Å²) in [4.78, 5) is 23.2. The van der Waals surface area contributed by atoms with Crippen LogP contribution in [-0.2, 0) is 9.53 Å². The van der Waals surface area contributed by atoms with Gasteiger partial charge in [0.25, 0.3) is 5.92 Å². The minimum Gasteiger partial charge on any atom is -0.462 e. The number of ether oxygens (including phenoxy) is 1. The van der Waals surface area contributed by atoms with Crippen molar-refractivity contribution in [1.82, 2.24) is 0 Å². The molecule has 1 aliphatic rings. The molecule has 0 bridgehead atoms. The van der Waals surface area contributed by atoms with Crippen LogP contribution in [0.3, 0.4) is 0 Å². The van der Waals surface area contributed by atoms with Crippen LogP contribution >= 0.6 is 15.9 Å². The van der Waals surface area contributed by atoms with Gasteiger partial charge in [-0.25, -0.2) is 13.6 Å². The molecule has 0 aliphatic heterocycles. The van der Waals surface area contributed by atoms with Crippen LogP contribution in [0.5, 0.6) is 0 Å². The van der Waals surface area contributed by atoms with E-state index < -0.39 is 30.1 Å². The number of anilines is 1. The van der Waals surface area contributed by atoms with E-state index in [1.807, 2.05) is 0 Å². The van der Waals surface area contributed by atoms with Crippen LogP contribution in [0, 0.1) is 5.92 Å². The molecule has 1 aromatic carbocycles. The molecule has 0 aromatic heterocycles. The summed E-state index contributed by atoms with van der Waals surface area (Å²) in [6.07, 6.45) is -0.433. The first-order valence-electron chi connectivity index (χ1n) is 6.00. The average Bonchev–Trinajstić information content (AvgIpc) is 2.98. The van der Waals surface area contributed by atoms with Crippen molar-refractivity contribution in [1.29, 1.82) is 0 Å². The minimum absolute atomic E-state index is 0.224. The molecule has 1 atom stereocenters. The summed E-state index contributed by atoms with van der Waals surface area (Å²) in [5.41, 5.74) is 0.509. The third kappa shape index (κ3) is 3.33. The first-order valence-corrected chi connectivity index (χ1v) is 6.79. The molecule has 0 radical (unpaired) electrons. The predicted octanol–water partition coefficient (Wildman–Crippen LogP) is 3.22. The summed E-state index contributed by atoms with van der Waals surface area (Å²) >= 11 is 3.19. The summed E-state index contributed by atoms with van der Waals surface area (Å²) in [5.74, 6) is -5.49. The average molecular weight is 348 g/mol. The summed E-state index contributed by atoms with van der Waals surface area (Å²) in [6, 6.07) is 4.45. The van der Waals surface area contributed by atoms with Gasteiger partial charge in [-0.1, -0.05) is 15.9 Å². The van der Waals surface area contributed by atoms with Crippen LogP contribution in [0.15, 0.2) is 22.7 Å². The number of rotatable bonds is 4. The summed E-state index contributed by atoms with van der Waals surface area (Å²) in [5, 5.41) is 2.38. The summed E-state index contributed by atoms with van der Waals surface area (Å²) in [7, 11) is 0. The van der Waals surface area contributed by atoms with Crippen molar-refractivity contribution in [2.45, 2.75) is 19.3 Å². The van der Waals surface area contributed by atoms with Gasteiger partial charge in [0.15, 0.2) is 0 Å². The maximum Gasteiger partial charge on any atom is 0.338 e. The maximum atomic E-state index is 12.8. The zero-order chi connectivity index (χ0) is 14.9. The van der Waals surface area contributed by atoms with Gasteiger partial charge in [-0.2, -0.15) is 0 Å². The van der Waals surface area contributed by atoms with Gasteiger partial charge in [0.05, 0.1) is 12.2 Å². The predicted molar refractivity (Wildman–Crippen MR) is 71.8 cm³/mol. The first kappa shape index (κ1) is 14.9. The van der Waals surface area contributed by atoms with Gasteiger partial charge in [-0.3, -0.25) is 4.79 Å². The number of hydrogen-bond donors (Lipinski definition) is 1. The van der Waals surface area contributed by atoms with E-state index in [1.54, 1.807) is 6.92 Å². The lowest BCUT2D eigenvalue weighted by Gasteiger charge is -2.08. The van der Waals surface area contributed by atoms with Crippen LogP contribution in [0.2, 0.25) is 0 Å². The molecule has 4 nitrogen and oxygen atoms in total. The van der Waals surface area contributed by atoms with E-state index in [0.717, 1.165) is 0 Å². The van der Waals surface area contributed by atoms with Crippen molar-refractivity contribution in [2.75, 3.05) is 11.9 Å². The SMILES string of the molecule is CCOC(=O)c1cc(Br)cc(NC(=O)[C@@H]2CC2(F)F)c1. The largest absolute Gasteiger partial charge is 0.462 e. The number of hydrogen-bond acceptors (Lipinski definition) is 3. The van der Waals surface area contributed by atoms with E-state index in [1.165, 1.54) is 18.2 Å². The van der Waals surface area contributed by atoms with Crippen molar-refractivity contribution in [3.8, 4) is 0 Å². The third-order valence-corrected chi connectivity index (χ3v) is 3.28. The monoisotopic (exact) mass is 347 g/mol. The number of alkyl halides is 2. The Balaban J connectivity index is 2.12. The van der Waals surface area contributed by atoms with E-state index >= 15 is 0 Å². The Morgan fingerprint density at radius 2 is 2.10 bits per heavy atom. The lowest BCUT2D eigenvalue weighted by Crippen LogP contribution is -2.18. The molecule has 7 heteroatoms. The standard InChI is InChI=1S/C13H12BrF2NO3/c1-2-20-12(19)7-3-8(14)5-9(4-7)17-11(18)10-6-13(10,15)16/h3-5,10H,2,6H2,1H3,(H,17,18)/t10-/m0/s1. The van der Waals surface area contributed by atoms with Gasteiger partial charge in [-0.05, 0) is 25.1 Å². The van der Waals surface area contributed by atoms with Gasteiger partial charge in [0, 0.05) is 16.6 Å². The van der Waals surface area contributed by atoms with Gasteiger partial charge >= 0.3 is 5.97 Å². The number of nitrogens with one attached hydrogen (secondary N) is 1. The molecule has 0 saturated heterocycles. The Labute approximate surface area is 122 Å². The molecule has 0 heterocycles. The molecular formula is C13H12BrF2NO3. The highest BCUT2D eigenvalue weighted by Crippen LogP contribution is 2.49. The zero-order valence-electron chi connectivity index (χ0n) is 10.6. The highest BCUT2D eigenvalue weighted by Gasteiger charge is 2.61. The number of carbonyl (C=O) groups is 2. The molecule has 0 spiro atoms. The van der Waals surface area contributed by atoms with E-state index in [2.05, 4.69) is 21.2 Å². The molecule has 20 heavy (non-hydrogen) atoms. The van der Waals surface area contributed by atoms with E-state index in [-0.39, 0.29) is 17.9 Å². The van der Waals surface area contributed by atoms with E-state index in [4.69, 9.17) is 4.74 Å². The first-order chi connectivity index (χ1) is 9.33. The molecule has 1 N–H and O–H groups in total. The Morgan fingerprint density at radius 3 is 2.65 bits per heavy atom. The summed E-state index contributed by atoms with van der Waals surface area (Å²) < 4.78 is 31.0. The molecule has 1 aromatic rings. The van der Waals surface area contributed by atoms with Crippen LogP contribution in [-0.4, -0.2) is 24.4 Å². The highest BCUT2D eigenvalue weighted by molar-refractivity contribution is 9.10. The van der Waals surface area contributed by atoms with Crippen molar-refractivity contribution >= 4 is 33.5 Å². The third-order valence-electron chi connectivity index (χ3n) is 2.82. The molecule has 0 unspecified atom stereocenters. The maximum absolute atomic E-state index is 12.8. The number of carbonyl (C=O) groups excluding carboxylic acids is 2. The fraction of sp³-hybridized carbons (Fsp3) is 0.385. The lowest BCUT2D eigenvalue weighted by molar-refractivity contribution is -0.119. The molecule has 108 valence electrons. The lowest BCUT2D eigenvalue weighted by atomic mass is 10.2. The van der Waals surface area contributed by atoms with Crippen molar-refractivity contribution in [2.24, 2.45) is 5.92 Å². The van der Waals surface area contributed by atoms with Crippen LogP contribution < -0.4 is 5.32 Å². The fourth-order valence-electron chi connectivity index (χ4n) is 1.72. The molecule has 1 saturated carbocycles. The Kier molecular flexibility index (Phi) is 4.08. The molecule has 1 amide bonds. The summed E-state index contributed by atoms with van der Waals surface area (Å²) in [6.45, 7) is 1.90. The Hall–Kier alpha value is -1.50. The number of benzene rings is 1. The van der Waals surface area contributed by atoms with Gasteiger partial charge in [0.1, 0.15) is 5.92 Å². The molecular weight excluding hydrogens is 336 g/mol. The van der Waals surface area contributed by atoms with E-state index in [9.17, 15) is 18.4 Å². The van der Waals surface area contributed by atoms with Gasteiger partial charge < -0.3 is 10.1 Å². The number of halogens is 3. The fourth-order valence-corrected chi connectivity index (χ4v) is 2.21. The second-order valence-corrected chi connectivity index (χ2v) is 5.37. The second-order valence-electron chi connectivity index (χ2n) is 4.46. The topological polar surface area (TPSA) is 55.4 Å². The van der Waals surface area contributed by atoms with Crippen LogP contribution in [0.1, 0.15) is 23.7 Å². The van der Waals surface area contributed by atoms with Crippen molar-refractivity contribution in [3.05, 3.63) is 28.2 Å². The highest BCUT2D eigenvalue weighted by atomic mass is 79.9. The van der Waals surface area contributed by atoms with E-state index in [0.29, 0.717) is 4.47 Å². The van der Waals surface area contributed by atoms with Crippen molar-refractivity contribution < 1.29 is 23.1 Å². The minimum atomic E-state index is -2.92. The smallest absolute Gasteiger partial charge is 0.338 e. The molecule has 2 rings (SSSR count). The Bertz CT molecular complexity index is 563. The van der Waals surface area contributed by atoms with Gasteiger partial charge in [0.2, 0.25) is 5.91 Å². The molecule has 1 fully saturated rings. The Morgan fingerprint density at radius 1 is 1.45 bits per heavy atom. The number of esters is 1. The van der Waals surface area contributed by atoms with Crippen molar-refractivity contribution in [3.63, 3.8) is 0 Å². The second kappa shape index (κ2) is 5.47. The van der Waals surface area contributed by atoms with Crippen LogP contribution in [0.25, 0.3) is 0 Å².